The van der Waals surface area contributed by atoms with Crippen molar-refractivity contribution in [2.45, 2.75) is 25.8 Å². The summed E-state index contributed by atoms with van der Waals surface area (Å²) in [5, 5.41) is 3.43. The summed E-state index contributed by atoms with van der Waals surface area (Å²) < 4.78 is 1.09. The normalized spacial score (nSPS) is 12.2. The van der Waals surface area contributed by atoms with Crippen LogP contribution in [-0.4, -0.2) is 31.4 Å². The van der Waals surface area contributed by atoms with Gasteiger partial charge in [-0.15, -0.1) is 0 Å². The van der Waals surface area contributed by atoms with Gasteiger partial charge in [-0.1, -0.05) is 28.1 Å². The van der Waals surface area contributed by atoms with Crippen LogP contribution in [0.25, 0.3) is 0 Å². The minimum atomic E-state index is 0.188. The Labute approximate surface area is 118 Å². The third-order valence-electron chi connectivity index (χ3n) is 2.89. The van der Waals surface area contributed by atoms with E-state index in [0.717, 1.165) is 17.4 Å². The minimum Gasteiger partial charge on any atom is -0.349 e. The second kappa shape index (κ2) is 7.54. The topological polar surface area (TPSA) is 32.3 Å². The van der Waals surface area contributed by atoms with Crippen LogP contribution in [0.1, 0.15) is 31.4 Å². The van der Waals surface area contributed by atoms with E-state index in [9.17, 15) is 4.79 Å². The molecule has 0 saturated carbocycles. The van der Waals surface area contributed by atoms with Crippen LogP contribution < -0.4 is 5.32 Å². The van der Waals surface area contributed by atoms with Crippen molar-refractivity contribution < 1.29 is 4.79 Å². The number of halogens is 1. The summed E-state index contributed by atoms with van der Waals surface area (Å²) in [6.07, 6.45) is 1.48. The SMILES string of the molecule is C[C@H](NCCCC(=O)N(C)C)c1ccc(Br)cc1. The smallest absolute Gasteiger partial charge is 0.222 e. The zero-order valence-corrected chi connectivity index (χ0v) is 12.8. The van der Waals surface area contributed by atoms with Crippen LogP contribution >= 0.6 is 15.9 Å². The lowest BCUT2D eigenvalue weighted by Gasteiger charge is -2.15. The number of nitrogens with zero attached hydrogens (tertiary/aromatic N) is 1. The van der Waals surface area contributed by atoms with Crippen LogP contribution in [0.4, 0.5) is 0 Å². The maximum Gasteiger partial charge on any atom is 0.222 e. The highest BCUT2D eigenvalue weighted by Crippen LogP contribution is 2.16. The largest absolute Gasteiger partial charge is 0.349 e. The Kier molecular flexibility index (Phi) is 6.36. The first kappa shape index (κ1) is 15.2. The zero-order chi connectivity index (χ0) is 13.5. The van der Waals surface area contributed by atoms with Crippen LogP contribution in [0.3, 0.4) is 0 Å². The first-order valence-electron chi connectivity index (χ1n) is 6.19. The Bertz CT molecular complexity index is 376. The molecule has 1 atom stereocenters. The molecule has 0 unspecified atom stereocenters. The summed E-state index contributed by atoms with van der Waals surface area (Å²) in [6.45, 7) is 2.99. The van der Waals surface area contributed by atoms with Gasteiger partial charge in [0.25, 0.3) is 0 Å². The maximum absolute atomic E-state index is 11.4. The third kappa shape index (κ3) is 5.19. The Morgan fingerprint density at radius 1 is 1.33 bits per heavy atom. The molecule has 0 aliphatic heterocycles. The lowest BCUT2D eigenvalue weighted by molar-refractivity contribution is -0.128. The van der Waals surface area contributed by atoms with Crippen molar-refractivity contribution in [2.75, 3.05) is 20.6 Å². The van der Waals surface area contributed by atoms with E-state index in [2.05, 4.69) is 40.3 Å². The molecular formula is C14H21BrN2O. The van der Waals surface area contributed by atoms with E-state index < -0.39 is 0 Å². The van der Waals surface area contributed by atoms with Crippen LogP contribution in [0.15, 0.2) is 28.7 Å². The van der Waals surface area contributed by atoms with Crippen LogP contribution in [0, 0.1) is 0 Å². The Hall–Kier alpha value is -0.870. The summed E-state index contributed by atoms with van der Waals surface area (Å²) in [6, 6.07) is 8.61. The molecule has 0 aromatic heterocycles. The Balaban J connectivity index is 2.27. The number of benzene rings is 1. The van der Waals surface area contributed by atoms with E-state index in [-0.39, 0.29) is 5.91 Å². The number of rotatable bonds is 6. The van der Waals surface area contributed by atoms with Gasteiger partial charge in [0, 0.05) is 31.0 Å². The number of carbonyl (C=O) groups excluding carboxylic acids is 1. The van der Waals surface area contributed by atoms with Gasteiger partial charge in [-0.2, -0.15) is 0 Å². The van der Waals surface area contributed by atoms with Gasteiger partial charge in [0.05, 0.1) is 0 Å². The van der Waals surface area contributed by atoms with Crippen LogP contribution in [0.5, 0.6) is 0 Å². The highest BCUT2D eigenvalue weighted by molar-refractivity contribution is 9.10. The molecule has 0 bridgehead atoms. The molecule has 0 heterocycles. The Morgan fingerprint density at radius 2 is 1.94 bits per heavy atom. The summed E-state index contributed by atoms with van der Waals surface area (Å²) in [5.41, 5.74) is 1.26. The molecule has 0 saturated heterocycles. The van der Waals surface area contributed by atoms with Gasteiger partial charge in [0.1, 0.15) is 0 Å². The van der Waals surface area contributed by atoms with Gasteiger partial charge < -0.3 is 10.2 Å². The van der Waals surface area contributed by atoms with Crippen molar-refractivity contribution in [3.8, 4) is 0 Å². The molecule has 1 rings (SSSR count). The summed E-state index contributed by atoms with van der Waals surface area (Å²) >= 11 is 3.43. The highest BCUT2D eigenvalue weighted by Gasteiger charge is 2.06. The van der Waals surface area contributed by atoms with E-state index >= 15 is 0 Å². The molecule has 1 amide bonds. The van der Waals surface area contributed by atoms with Crippen LogP contribution in [0.2, 0.25) is 0 Å². The first-order valence-corrected chi connectivity index (χ1v) is 6.99. The van der Waals surface area contributed by atoms with E-state index in [1.807, 2.05) is 12.1 Å². The lowest BCUT2D eigenvalue weighted by atomic mass is 10.1. The molecule has 1 N–H and O–H groups in total. The molecule has 0 aliphatic carbocycles. The molecule has 4 heteroatoms. The molecule has 0 spiro atoms. The molecule has 100 valence electrons. The van der Waals surface area contributed by atoms with Gasteiger partial charge in [0.2, 0.25) is 5.91 Å². The van der Waals surface area contributed by atoms with E-state index in [1.165, 1.54) is 5.56 Å². The molecule has 0 aliphatic rings. The van der Waals surface area contributed by atoms with E-state index in [0.29, 0.717) is 12.5 Å². The summed E-state index contributed by atoms with van der Waals surface area (Å²) in [7, 11) is 3.58. The number of carbonyl (C=O) groups is 1. The molecular weight excluding hydrogens is 292 g/mol. The van der Waals surface area contributed by atoms with Gasteiger partial charge in [-0.25, -0.2) is 0 Å². The second-order valence-electron chi connectivity index (χ2n) is 4.62. The lowest BCUT2D eigenvalue weighted by Crippen LogP contribution is -2.24. The molecule has 0 fully saturated rings. The molecule has 18 heavy (non-hydrogen) atoms. The number of hydrogen-bond donors (Lipinski definition) is 1. The maximum atomic E-state index is 11.4. The first-order chi connectivity index (χ1) is 8.50. The number of nitrogens with one attached hydrogen (secondary N) is 1. The highest BCUT2D eigenvalue weighted by atomic mass is 79.9. The van der Waals surface area contributed by atoms with Crippen molar-refractivity contribution in [3.63, 3.8) is 0 Å². The summed E-state index contributed by atoms with van der Waals surface area (Å²) in [4.78, 5) is 13.0. The molecule has 0 radical (unpaired) electrons. The van der Waals surface area contributed by atoms with E-state index in [1.54, 1.807) is 19.0 Å². The predicted octanol–water partition coefficient (Wildman–Crippen LogP) is 2.97. The van der Waals surface area contributed by atoms with Gasteiger partial charge >= 0.3 is 0 Å². The van der Waals surface area contributed by atoms with Crippen molar-refractivity contribution in [3.05, 3.63) is 34.3 Å². The Morgan fingerprint density at radius 3 is 2.50 bits per heavy atom. The number of hydrogen-bond acceptors (Lipinski definition) is 2. The monoisotopic (exact) mass is 312 g/mol. The van der Waals surface area contributed by atoms with Crippen molar-refractivity contribution in [1.82, 2.24) is 10.2 Å². The van der Waals surface area contributed by atoms with Gasteiger partial charge in [-0.05, 0) is 37.6 Å². The fourth-order valence-electron chi connectivity index (χ4n) is 1.65. The van der Waals surface area contributed by atoms with E-state index in [4.69, 9.17) is 0 Å². The van der Waals surface area contributed by atoms with Gasteiger partial charge in [-0.3, -0.25) is 4.79 Å². The third-order valence-corrected chi connectivity index (χ3v) is 3.42. The fraction of sp³-hybridized carbons (Fsp3) is 0.500. The zero-order valence-electron chi connectivity index (χ0n) is 11.2. The van der Waals surface area contributed by atoms with Crippen molar-refractivity contribution in [2.24, 2.45) is 0 Å². The van der Waals surface area contributed by atoms with Gasteiger partial charge in [0.15, 0.2) is 0 Å². The van der Waals surface area contributed by atoms with Crippen LogP contribution in [-0.2, 0) is 4.79 Å². The second-order valence-corrected chi connectivity index (χ2v) is 5.53. The number of amides is 1. The predicted molar refractivity (Wildman–Crippen MR) is 78.5 cm³/mol. The standard InChI is InChI=1S/C14H21BrN2O/c1-11(12-6-8-13(15)9-7-12)16-10-4-5-14(18)17(2)3/h6-9,11,16H,4-5,10H2,1-3H3/t11-/m0/s1. The molecule has 1 aromatic carbocycles. The average molecular weight is 313 g/mol. The van der Waals surface area contributed by atoms with Crippen molar-refractivity contribution in [1.29, 1.82) is 0 Å². The average Bonchev–Trinajstić information content (AvgIpc) is 2.34. The minimum absolute atomic E-state index is 0.188. The van der Waals surface area contributed by atoms with Crippen molar-refractivity contribution >= 4 is 21.8 Å². The fourth-order valence-corrected chi connectivity index (χ4v) is 1.92. The molecule has 1 aromatic rings. The molecule has 3 nitrogen and oxygen atoms in total. The quantitative estimate of drug-likeness (QED) is 0.819. The summed E-state index contributed by atoms with van der Waals surface area (Å²) in [5.74, 6) is 0.188.